The predicted molar refractivity (Wildman–Crippen MR) is 114 cm³/mol. The lowest BCUT2D eigenvalue weighted by Gasteiger charge is -2.13. The minimum Gasteiger partial charge on any atom is -0.497 e. The van der Waals surface area contributed by atoms with Gasteiger partial charge in [-0.25, -0.2) is 4.98 Å². The van der Waals surface area contributed by atoms with Gasteiger partial charge in [0.2, 0.25) is 0 Å². The molecular formula is C20H15N3O4S2. The van der Waals surface area contributed by atoms with E-state index in [9.17, 15) is 14.9 Å². The third-order valence-corrected chi connectivity index (χ3v) is 6.18. The van der Waals surface area contributed by atoms with Crippen LogP contribution in [0.1, 0.15) is 5.56 Å². The number of thiophene rings is 1. The molecule has 0 saturated carbocycles. The average Bonchev–Trinajstić information content (AvgIpc) is 3.22. The van der Waals surface area contributed by atoms with Crippen molar-refractivity contribution in [3.63, 3.8) is 0 Å². The number of methoxy groups -OCH3 is 1. The highest BCUT2D eigenvalue weighted by atomic mass is 32.2. The maximum absolute atomic E-state index is 13.2. The average molecular weight is 425 g/mol. The Kier molecular flexibility index (Phi) is 5.32. The van der Waals surface area contributed by atoms with Crippen LogP contribution in [0.3, 0.4) is 0 Å². The zero-order chi connectivity index (χ0) is 20.4. The summed E-state index contributed by atoms with van der Waals surface area (Å²) in [6.45, 7) is 0. The smallest absolute Gasteiger partial charge is 0.324 e. The molecule has 0 unspecified atom stereocenters. The van der Waals surface area contributed by atoms with Crippen molar-refractivity contribution in [1.29, 1.82) is 0 Å². The number of hydrogen-bond donors (Lipinski definition) is 0. The highest BCUT2D eigenvalue weighted by Crippen LogP contribution is 2.30. The zero-order valence-electron chi connectivity index (χ0n) is 15.3. The van der Waals surface area contributed by atoms with Crippen molar-refractivity contribution in [2.75, 3.05) is 7.11 Å². The number of nitrogens with zero attached hydrogens (tertiary/aromatic N) is 3. The number of hydrogen-bond acceptors (Lipinski definition) is 7. The first-order valence-corrected chi connectivity index (χ1v) is 10.4. The summed E-state index contributed by atoms with van der Waals surface area (Å²) < 4.78 is 6.84. The molecule has 2 aromatic heterocycles. The number of para-hydroxylation sites is 1. The number of aromatic nitrogens is 2. The Labute approximate surface area is 173 Å². The number of benzene rings is 2. The quantitative estimate of drug-likeness (QED) is 0.193. The Bertz CT molecular complexity index is 1270. The monoisotopic (exact) mass is 425 g/mol. The van der Waals surface area contributed by atoms with Gasteiger partial charge in [-0.15, -0.1) is 0 Å². The van der Waals surface area contributed by atoms with Gasteiger partial charge in [-0.05, 0) is 29.8 Å². The van der Waals surface area contributed by atoms with Crippen molar-refractivity contribution in [3.8, 4) is 11.4 Å². The summed E-state index contributed by atoms with van der Waals surface area (Å²) in [6.07, 6.45) is 0. The Morgan fingerprint density at radius 1 is 1.21 bits per heavy atom. The van der Waals surface area contributed by atoms with Crippen LogP contribution in [0.5, 0.6) is 5.75 Å². The molecular weight excluding hydrogens is 410 g/mol. The van der Waals surface area contributed by atoms with Gasteiger partial charge in [0.15, 0.2) is 5.16 Å². The van der Waals surface area contributed by atoms with E-state index in [4.69, 9.17) is 4.74 Å². The third-order valence-electron chi connectivity index (χ3n) is 4.24. The molecule has 2 heterocycles. The molecule has 0 fully saturated rings. The van der Waals surface area contributed by atoms with Crippen LogP contribution >= 0.6 is 23.1 Å². The maximum atomic E-state index is 13.2. The van der Waals surface area contributed by atoms with E-state index in [-0.39, 0.29) is 10.6 Å². The Morgan fingerprint density at radius 2 is 2.03 bits per heavy atom. The van der Waals surface area contributed by atoms with Crippen LogP contribution in [-0.4, -0.2) is 21.6 Å². The molecule has 7 nitrogen and oxygen atoms in total. The lowest BCUT2D eigenvalue weighted by Crippen LogP contribution is -2.21. The summed E-state index contributed by atoms with van der Waals surface area (Å²) >= 11 is 2.44. The maximum Gasteiger partial charge on any atom is 0.324 e. The molecule has 0 amide bonds. The molecule has 0 N–H and O–H groups in total. The van der Waals surface area contributed by atoms with Gasteiger partial charge in [-0.1, -0.05) is 41.3 Å². The standard InChI is InChI=1S/C20H15N3O4S2/c1-27-15-6-4-5-14(10-15)22-19(24)16-7-2-3-8-17(16)21-20(22)29-12-13-9-18(23(25)26)28-11-13/h2-11H,12H2,1H3. The van der Waals surface area contributed by atoms with Gasteiger partial charge in [0.1, 0.15) is 5.75 Å². The third kappa shape index (κ3) is 3.87. The number of nitro groups is 1. The SMILES string of the molecule is COc1cccc(-n2c(SCc3csc([N+](=O)[O-])c3)nc3ccccc3c2=O)c1. The van der Waals surface area contributed by atoms with E-state index in [1.54, 1.807) is 53.5 Å². The second kappa shape index (κ2) is 8.06. The molecule has 4 rings (SSSR count). The molecule has 29 heavy (non-hydrogen) atoms. The van der Waals surface area contributed by atoms with E-state index >= 15 is 0 Å². The molecule has 0 spiro atoms. The van der Waals surface area contributed by atoms with Crippen LogP contribution in [0.15, 0.2) is 69.9 Å². The molecule has 4 aromatic rings. The van der Waals surface area contributed by atoms with E-state index in [1.165, 1.54) is 11.8 Å². The first-order valence-electron chi connectivity index (χ1n) is 8.57. The molecule has 146 valence electrons. The van der Waals surface area contributed by atoms with Gasteiger partial charge in [0.25, 0.3) is 5.56 Å². The van der Waals surface area contributed by atoms with Gasteiger partial charge in [0.05, 0.1) is 28.6 Å². The lowest BCUT2D eigenvalue weighted by atomic mass is 10.2. The first-order chi connectivity index (χ1) is 14.1. The highest BCUT2D eigenvalue weighted by molar-refractivity contribution is 7.98. The van der Waals surface area contributed by atoms with Crippen LogP contribution in [-0.2, 0) is 5.75 Å². The van der Waals surface area contributed by atoms with Crippen molar-refractivity contribution >= 4 is 39.0 Å². The molecule has 2 aromatic carbocycles. The van der Waals surface area contributed by atoms with E-state index in [1.807, 2.05) is 18.2 Å². The fraction of sp³-hybridized carbons (Fsp3) is 0.100. The van der Waals surface area contributed by atoms with Crippen molar-refractivity contribution in [3.05, 3.63) is 86.0 Å². The largest absolute Gasteiger partial charge is 0.497 e. The van der Waals surface area contributed by atoms with Crippen LogP contribution in [0, 0.1) is 10.1 Å². The van der Waals surface area contributed by atoms with E-state index in [0.29, 0.717) is 33.2 Å². The van der Waals surface area contributed by atoms with E-state index in [2.05, 4.69) is 4.98 Å². The molecule has 0 saturated heterocycles. The summed E-state index contributed by atoms with van der Waals surface area (Å²) in [5, 5.41) is 13.8. The number of thioether (sulfide) groups is 1. The highest BCUT2D eigenvalue weighted by Gasteiger charge is 2.15. The second-order valence-corrected chi connectivity index (χ2v) is 7.92. The minimum atomic E-state index is -0.403. The number of rotatable bonds is 6. The van der Waals surface area contributed by atoms with Crippen molar-refractivity contribution < 1.29 is 9.66 Å². The fourth-order valence-electron chi connectivity index (χ4n) is 2.87. The van der Waals surface area contributed by atoms with Crippen LogP contribution in [0.25, 0.3) is 16.6 Å². The van der Waals surface area contributed by atoms with Gasteiger partial charge in [-0.2, -0.15) is 0 Å². The number of ether oxygens (including phenoxy) is 1. The zero-order valence-corrected chi connectivity index (χ0v) is 16.9. The first kappa shape index (κ1) is 19.2. The Balaban J connectivity index is 1.80. The Hall–Kier alpha value is -3.17. The molecule has 0 radical (unpaired) electrons. The fourth-order valence-corrected chi connectivity index (χ4v) is 4.65. The molecule has 0 aliphatic heterocycles. The number of fused-ring (bicyclic) bond motifs is 1. The van der Waals surface area contributed by atoms with Crippen molar-refractivity contribution in [2.45, 2.75) is 10.9 Å². The summed E-state index contributed by atoms with van der Waals surface area (Å²) in [7, 11) is 1.57. The Morgan fingerprint density at radius 3 is 2.79 bits per heavy atom. The summed E-state index contributed by atoms with van der Waals surface area (Å²) in [5.41, 5.74) is 1.88. The second-order valence-electron chi connectivity index (χ2n) is 6.09. The molecule has 0 atom stereocenters. The molecule has 9 heteroatoms. The van der Waals surface area contributed by atoms with E-state index < -0.39 is 4.92 Å². The summed E-state index contributed by atoms with van der Waals surface area (Å²) in [5.74, 6) is 1.09. The predicted octanol–water partition coefficient (Wildman–Crippen LogP) is 4.66. The van der Waals surface area contributed by atoms with Crippen molar-refractivity contribution in [2.24, 2.45) is 0 Å². The van der Waals surface area contributed by atoms with Gasteiger partial charge in [-0.3, -0.25) is 19.5 Å². The van der Waals surface area contributed by atoms with Gasteiger partial charge in [0, 0.05) is 23.3 Å². The molecule has 0 bridgehead atoms. The summed E-state index contributed by atoms with van der Waals surface area (Å²) in [4.78, 5) is 28.4. The van der Waals surface area contributed by atoms with Crippen LogP contribution < -0.4 is 10.3 Å². The topological polar surface area (TPSA) is 87.3 Å². The van der Waals surface area contributed by atoms with Gasteiger partial charge < -0.3 is 4.74 Å². The summed E-state index contributed by atoms with van der Waals surface area (Å²) in [6, 6.07) is 15.9. The van der Waals surface area contributed by atoms with Gasteiger partial charge >= 0.3 is 5.00 Å². The van der Waals surface area contributed by atoms with Crippen LogP contribution in [0.2, 0.25) is 0 Å². The van der Waals surface area contributed by atoms with E-state index in [0.717, 1.165) is 16.9 Å². The van der Waals surface area contributed by atoms with Crippen LogP contribution in [0.4, 0.5) is 5.00 Å². The lowest BCUT2D eigenvalue weighted by molar-refractivity contribution is -0.380. The normalized spacial score (nSPS) is 10.9. The minimum absolute atomic E-state index is 0.0947. The molecule has 0 aliphatic rings. The van der Waals surface area contributed by atoms with Crippen molar-refractivity contribution in [1.82, 2.24) is 9.55 Å². The molecule has 0 aliphatic carbocycles.